The monoisotopic (exact) mass is 300 g/mol. The van der Waals surface area contributed by atoms with E-state index in [-0.39, 0.29) is 11.7 Å². The number of carbonyl (C=O) groups is 2. The van der Waals surface area contributed by atoms with Crippen LogP contribution in [0, 0.1) is 5.82 Å². The highest BCUT2D eigenvalue weighted by atomic mass is 32.2. The highest BCUT2D eigenvalue weighted by Gasteiger charge is 2.20. The Morgan fingerprint density at radius 3 is 2.70 bits per heavy atom. The highest BCUT2D eigenvalue weighted by molar-refractivity contribution is 7.98. The van der Waals surface area contributed by atoms with Gasteiger partial charge in [-0.05, 0) is 25.3 Å². The molecular weight excluding hydrogens is 283 g/mol. The van der Waals surface area contributed by atoms with Gasteiger partial charge in [-0.1, -0.05) is 6.07 Å². The quantitative estimate of drug-likeness (QED) is 0.877. The second kappa shape index (κ2) is 7.14. The van der Waals surface area contributed by atoms with Gasteiger partial charge in [0.1, 0.15) is 11.4 Å². The molecule has 0 aliphatic rings. The van der Waals surface area contributed by atoms with Crippen LogP contribution in [0.4, 0.5) is 14.9 Å². The van der Waals surface area contributed by atoms with Crippen molar-refractivity contribution >= 4 is 29.4 Å². The first-order chi connectivity index (χ1) is 9.38. The van der Waals surface area contributed by atoms with Crippen LogP contribution in [0.5, 0.6) is 0 Å². The summed E-state index contributed by atoms with van der Waals surface area (Å²) < 4.78 is 13.5. The average Bonchev–Trinajstić information content (AvgIpc) is 2.37. The van der Waals surface area contributed by atoms with E-state index in [2.05, 4.69) is 5.32 Å². The van der Waals surface area contributed by atoms with Crippen molar-refractivity contribution in [2.24, 2.45) is 0 Å². The molecule has 0 heterocycles. The summed E-state index contributed by atoms with van der Waals surface area (Å²) in [4.78, 5) is 24.5. The van der Waals surface area contributed by atoms with Crippen molar-refractivity contribution in [1.82, 2.24) is 4.90 Å². The minimum Gasteiger partial charge on any atom is -0.478 e. The Bertz CT molecular complexity index is 510. The molecule has 0 aliphatic heterocycles. The number of nitrogens with zero attached hydrogens (tertiary/aromatic N) is 1. The zero-order chi connectivity index (χ0) is 15.3. The maximum absolute atomic E-state index is 13.5. The largest absolute Gasteiger partial charge is 0.478 e. The molecule has 110 valence electrons. The van der Waals surface area contributed by atoms with Crippen LogP contribution in [-0.4, -0.2) is 47.1 Å². The first-order valence-electron chi connectivity index (χ1n) is 5.93. The van der Waals surface area contributed by atoms with Crippen LogP contribution in [0.1, 0.15) is 17.3 Å². The number of nitrogens with one attached hydrogen (secondary N) is 1. The number of carboxylic acid groups (broad SMARTS) is 1. The smallest absolute Gasteiger partial charge is 0.340 e. The fourth-order valence-corrected chi connectivity index (χ4v) is 2.31. The third kappa shape index (κ3) is 3.86. The number of carboxylic acids is 1. The molecule has 2 amide bonds. The fourth-order valence-electron chi connectivity index (χ4n) is 1.60. The average molecular weight is 300 g/mol. The van der Waals surface area contributed by atoms with Crippen LogP contribution in [-0.2, 0) is 0 Å². The van der Waals surface area contributed by atoms with Gasteiger partial charge < -0.3 is 15.3 Å². The maximum Gasteiger partial charge on any atom is 0.340 e. The van der Waals surface area contributed by atoms with Crippen LogP contribution in [0.15, 0.2) is 18.2 Å². The molecule has 1 aromatic carbocycles. The van der Waals surface area contributed by atoms with Crippen molar-refractivity contribution in [2.75, 3.05) is 24.4 Å². The van der Waals surface area contributed by atoms with E-state index >= 15 is 0 Å². The predicted octanol–water partition coefficient (Wildman–Crippen LogP) is 2.74. The number of rotatable bonds is 5. The van der Waals surface area contributed by atoms with Crippen LogP contribution < -0.4 is 5.32 Å². The summed E-state index contributed by atoms with van der Waals surface area (Å²) in [5, 5.41) is 11.4. The van der Waals surface area contributed by atoms with Gasteiger partial charge in [0.15, 0.2) is 0 Å². The van der Waals surface area contributed by atoms with Gasteiger partial charge in [0.25, 0.3) is 0 Å². The summed E-state index contributed by atoms with van der Waals surface area (Å²) in [6.45, 7) is 1.87. The van der Waals surface area contributed by atoms with E-state index in [1.807, 2.05) is 13.2 Å². The molecule has 1 rings (SSSR count). The van der Waals surface area contributed by atoms with E-state index < -0.39 is 23.4 Å². The van der Waals surface area contributed by atoms with Crippen molar-refractivity contribution in [2.45, 2.75) is 13.0 Å². The molecule has 0 spiro atoms. The lowest BCUT2D eigenvalue weighted by atomic mass is 10.1. The summed E-state index contributed by atoms with van der Waals surface area (Å²) in [5.74, 6) is -1.55. The van der Waals surface area contributed by atoms with Crippen molar-refractivity contribution in [3.63, 3.8) is 0 Å². The van der Waals surface area contributed by atoms with Crippen LogP contribution in [0.3, 0.4) is 0 Å². The number of benzene rings is 1. The zero-order valence-electron chi connectivity index (χ0n) is 11.5. The molecule has 0 saturated heterocycles. The van der Waals surface area contributed by atoms with Gasteiger partial charge in [0.05, 0.1) is 5.69 Å². The second-order valence-electron chi connectivity index (χ2n) is 4.31. The Morgan fingerprint density at radius 2 is 2.15 bits per heavy atom. The highest BCUT2D eigenvalue weighted by Crippen LogP contribution is 2.19. The molecule has 1 atom stereocenters. The molecule has 5 nitrogen and oxygen atoms in total. The summed E-state index contributed by atoms with van der Waals surface area (Å²) in [5.41, 5.74) is -0.586. The number of amides is 2. The van der Waals surface area contributed by atoms with Gasteiger partial charge in [-0.25, -0.2) is 14.0 Å². The molecule has 0 bridgehead atoms. The Balaban J connectivity index is 2.91. The van der Waals surface area contributed by atoms with Gasteiger partial charge in [0.2, 0.25) is 0 Å². The molecule has 20 heavy (non-hydrogen) atoms. The maximum atomic E-state index is 13.5. The number of hydrogen-bond acceptors (Lipinski definition) is 3. The first-order valence-corrected chi connectivity index (χ1v) is 7.32. The lowest BCUT2D eigenvalue weighted by Gasteiger charge is -2.25. The minimum atomic E-state index is -1.42. The normalized spacial score (nSPS) is 11.8. The molecule has 0 aliphatic carbocycles. The van der Waals surface area contributed by atoms with Crippen LogP contribution >= 0.6 is 11.8 Å². The van der Waals surface area contributed by atoms with Crippen molar-refractivity contribution in [1.29, 1.82) is 0 Å². The van der Waals surface area contributed by atoms with Crippen molar-refractivity contribution < 1.29 is 19.1 Å². The molecule has 0 radical (unpaired) electrons. The molecule has 0 saturated carbocycles. The van der Waals surface area contributed by atoms with E-state index in [4.69, 9.17) is 5.11 Å². The van der Waals surface area contributed by atoms with E-state index in [0.717, 1.165) is 11.8 Å². The zero-order valence-corrected chi connectivity index (χ0v) is 12.3. The van der Waals surface area contributed by atoms with Gasteiger partial charge in [-0.15, -0.1) is 0 Å². The summed E-state index contributed by atoms with van der Waals surface area (Å²) >= 11 is 1.60. The SMILES string of the molecule is CSCC(C)N(C)C(=O)Nc1cccc(F)c1C(=O)O. The van der Waals surface area contributed by atoms with Gasteiger partial charge in [0, 0.05) is 18.8 Å². The Kier molecular flexibility index (Phi) is 5.82. The minimum absolute atomic E-state index is 0.0214. The summed E-state index contributed by atoms with van der Waals surface area (Å²) in [6.07, 6.45) is 1.93. The predicted molar refractivity (Wildman–Crippen MR) is 78.0 cm³/mol. The molecule has 7 heteroatoms. The molecule has 0 fully saturated rings. The van der Waals surface area contributed by atoms with E-state index in [1.54, 1.807) is 18.8 Å². The molecular formula is C13H17FN2O3S. The standard InChI is InChI=1S/C13H17FN2O3S/c1-8(7-20-3)16(2)13(19)15-10-6-4-5-9(14)11(10)12(17)18/h4-6,8H,7H2,1-3H3,(H,15,19)(H,17,18). The number of hydrogen-bond donors (Lipinski definition) is 2. The summed E-state index contributed by atoms with van der Waals surface area (Å²) in [7, 11) is 1.61. The second-order valence-corrected chi connectivity index (χ2v) is 5.22. The Labute approximate surface area is 121 Å². The molecule has 0 aromatic heterocycles. The number of thioether (sulfide) groups is 1. The Morgan fingerprint density at radius 1 is 1.50 bits per heavy atom. The van der Waals surface area contributed by atoms with Crippen LogP contribution in [0.2, 0.25) is 0 Å². The third-order valence-corrected chi connectivity index (χ3v) is 3.67. The molecule has 1 aromatic rings. The lowest BCUT2D eigenvalue weighted by Crippen LogP contribution is -2.39. The third-order valence-electron chi connectivity index (χ3n) is 2.86. The number of urea groups is 1. The van der Waals surface area contributed by atoms with E-state index in [1.165, 1.54) is 17.0 Å². The van der Waals surface area contributed by atoms with Crippen molar-refractivity contribution in [3.05, 3.63) is 29.6 Å². The molecule has 2 N–H and O–H groups in total. The summed E-state index contributed by atoms with van der Waals surface area (Å²) in [6, 6.07) is 3.26. The Hall–Kier alpha value is -1.76. The number of anilines is 1. The number of halogens is 1. The van der Waals surface area contributed by atoms with E-state index in [9.17, 15) is 14.0 Å². The van der Waals surface area contributed by atoms with Gasteiger partial charge in [-0.3, -0.25) is 0 Å². The molecule has 1 unspecified atom stereocenters. The number of carbonyl (C=O) groups excluding carboxylic acids is 1. The van der Waals surface area contributed by atoms with Gasteiger partial charge in [-0.2, -0.15) is 11.8 Å². The van der Waals surface area contributed by atoms with Crippen LogP contribution in [0.25, 0.3) is 0 Å². The van der Waals surface area contributed by atoms with E-state index in [0.29, 0.717) is 0 Å². The fraction of sp³-hybridized carbons (Fsp3) is 0.385. The van der Waals surface area contributed by atoms with Gasteiger partial charge >= 0.3 is 12.0 Å². The number of aromatic carboxylic acids is 1. The lowest BCUT2D eigenvalue weighted by molar-refractivity contribution is 0.0693. The topological polar surface area (TPSA) is 69.6 Å². The van der Waals surface area contributed by atoms with Crippen molar-refractivity contribution in [3.8, 4) is 0 Å². The first kappa shape index (κ1) is 16.3.